The van der Waals surface area contributed by atoms with Gasteiger partial charge in [-0.05, 0) is 42.3 Å². The number of phenolic OH excluding ortho intramolecular Hbond substituents is 1. The summed E-state index contributed by atoms with van der Waals surface area (Å²) in [5, 5.41) is 10.5. The molecule has 138 valence electrons. The number of hydrogen-bond donors (Lipinski definition) is 1. The number of nitrogens with zero attached hydrogens (tertiary/aromatic N) is 2. The van der Waals surface area contributed by atoms with Gasteiger partial charge in [0.2, 0.25) is 11.8 Å². The Morgan fingerprint density at radius 1 is 1.07 bits per heavy atom. The fourth-order valence-electron chi connectivity index (χ4n) is 3.81. The lowest BCUT2D eigenvalue weighted by atomic mass is 9.97. The Balaban J connectivity index is 1.73. The summed E-state index contributed by atoms with van der Waals surface area (Å²) in [5.74, 6) is -0.780. The van der Waals surface area contributed by atoms with Crippen molar-refractivity contribution in [2.75, 3.05) is 4.90 Å². The molecule has 0 spiro atoms. The highest BCUT2D eigenvalue weighted by Crippen LogP contribution is 2.37. The molecule has 2 amide bonds. The molecule has 27 heavy (non-hydrogen) atoms. The number of benzene rings is 2. The summed E-state index contributed by atoms with van der Waals surface area (Å²) in [4.78, 5) is 26.9. The second kappa shape index (κ2) is 6.91. The molecule has 3 aromatic rings. The van der Waals surface area contributed by atoms with Crippen LogP contribution in [0.3, 0.4) is 0 Å². The number of unbranched alkanes of at least 4 members (excludes halogenated alkanes) is 1. The number of hydrogen-bond acceptors (Lipinski definition) is 3. The fourth-order valence-corrected chi connectivity index (χ4v) is 3.81. The van der Waals surface area contributed by atoms with Crippen molar-refractivity contribution in [1.82, 2.24) is 4.57 Å². The topological polar surface area (TPSA) is 62.5 Å². The summed E-state index contributed by atoms with van der Waals surface area (Å²) >= 11 is 0. The van der Waals surface area contributed by atoms with Crippen molar-refractivity contribution in [2.45, 2.75) is 38.6 Å². The van der Waals surface area contributed by atoms with Gasteiger partial charge in [0.25, 0.3) is 0 Å². The number of fused-ring (bicyclic) bond motifs is 1. The summed E-state index contributed by atoms with van der Waals surface area (Å²) in [6.45, 7) is 3.05. The number of para-hydroxylation sites is 1. The smallest absolute Gasteiger partial charge is 0.241 e. The molecule has 1 aliphatic rings. The van der Waals surface area contributed by atoms with Gasteiger partial charge in [-0.25, -0.2) is 0 Å². The van der Waals surface area contributed by atoms with E-state index in [1.54, 1.807) is 12.1 Å². The minimum absolute atomic E-state index is 0.105. The Morgan fingerprint density at radius 2 is 1.81 bits per heavy atom. The first-order chi connectivity index (χ1) is 13.1. The van der Waals surface area contributed by atoms with E-state index >= 15 is 0 Å². The average Bonchev–Trinajstić information content (AvgIpc) is 3.18. The van der Waals surface area contributed by atoms with Crippen LogP contribution in [-0.2, 0) is 16.1 Å². The number of carbonyl (C=O) groups excluding carboxylic acids is 2. The van der Waals surface area contributed by atoms with Gasteiger partial charge in [0.05, 0.1) is 11.6 Å². The highest BCUT2D eigenvalue weighted by molar-refractivity contribution is 6.23. The summed E-state index contributed by atoms with van der Waals surface area (Å²) in [6.07, 6.45) is 4.37. The van der Waals surface area contributed by atoms with Crippen LogP contribution in [-0.4, -0.2) is 21.5 Å². The van der Waals surface area contributed by atoms with Gasteiger partial charge in [0.1, 0.15) is 5.75 Å². The Kier molecular flexibility index (Phi) is 4.44. The number of aryl methyl sites for hydroxylation is 1. The van der Waals surface area contributed by atoms with E-state index in [1.807, 2.05) is 24.4 Å². The number of amides is 2. The molecule has 2 aromatic carbocycles. The van der Waals surface area contributed by atoms with E-state index in [2.05, 4.69) is 17.6 Å². The number of aromatic nitrogens is 1. The molecule has 1 atom stereocenters. The van der Waals surface area contributed by atoms with E-state index in [-0.39, 0.29) is 24.0 Å². The highest BCUT2D eigenvalue weighted by atomic mass is 16.3. The zero-order chi connectivity index (χ0) is 19.0. The monoisotopic (exact) mass is 362 g/mol. The molecule has 0 radical (unpaired) electrons. The second-order valence-corrected chi connectivity index (χ2v) is 6.99. The van der Waals surface area contributed by atoms with Gasteiger partial charge >= 0.3 is 0 Å². The summed E-state index contributed by atoms with van der Waals surface area (Å²) < 4.78 is 2.19. The molecule has 0 unspecified atom stereocenters. The van der Waals surface area contributed by atoms with Crippen molar-refractivity contribution in [3.05, 3.63) is 60.3 Å². The lowest BCUT2D eigenvalue weighted by Gasteiger charge is -2.15. The van der Waals surface area contributed by atoms with Crippen LogP contribution < -0.4 is 4.90 Å². The van der Waals surface area contributed by atoms with Gasteiger partial charge in [0.15, 0.2) is 0 Å². The van der Waals surface area contributed by atoms with E-state index in [0.717, 1.165) is 35.9 Å². The molecule has 1 aromatic heterocycles. The zero-order valence-electron chi connectivity index (χ0n) is 15.3. The Bertz CT molecular complexity index is 1000. The Hall–Kier alpha value is -3.08. The first kappa shape index (κ1) is 17.3. The van der Waals surface area contributed by atoms with Crippen molar-refractivity contribution in [3.8, 4) is 5.75 Å². The lowest BCUT2D eigenvalue weighted by molar-refractivity contribution is -0.121. The maximum Gasteiger partial charge on any atom is 0.241 e. The predicted molar refractivity (Wildman–Crippen MR) is 105 cm³/mol. The minimum atomic E-state index is -0.473. The first-order valence-electron chi connectivity index (χ1n) is 9.33. The maximum atomic E-state index is 13.1. The number of anilines is 1. The molecule has 0 aliphatic carbocycles. The molecule has 1 N–H and O–H groups in total. The molecule has 1 aliphatic heterocycles. The van der Waals surface area contributed by atoms with Crippen LogP contribution in [0, 0.1) is 0 Å². The number of phenols is 1. The normalized spacial score (nSPS) is 17.2. The minimum Gasteiger partial charge on any atom is -0.508 e. The standard InChI is InChI=1S/C22H22N2O3/c1-2-3-12-23-14-19(17-6-4-5-7-20(17)23)18-13-21(26)24(22(18)27)15-8-10-16(25)11-9-15/h4-11,14,18,25H,2-3,12-13H2,1H3/t18-/m1/s1. The summed E-state index contributed by atoms with van der Waals surface area (Å²) in [6, 6.07) is 14.2. The Morgan fingerprint density at radius 3 is 2.56 bits per heavy atom. The molecule has 1 fully saturated rings. The van der Waals surface area contributed by atoms with Gasteiger partial charge < -0.3 is 9.67 Å². The number of carbonyl (C=O) groups is 2. The van der Waals surface area contributed by atoms with Gasteiger partial charge in [-0.3, -0.25) is 14.5 Å². The van der Waals surface area contributed by atoms with Gasteiger partial charge in [-0.2, -0.15) is 0 Å². The van der Waals surface area contributed by atoms with E-state index in [4.69, 9.17) is 0 Å². The van der Waals surface area contributed by atoms with Crippen LogP contribution in [0.5, 0.6) is 5.75 Å². The van der Waals surface area contributed by atoms with Crippen molar-refractivity contribution in [2.24, 2.45) is 0 Å². The molecule has 0 bridgehead atoms. The van der Waals surface area contributed by atoms with Crippen molar-refractivity contribution in [3.63, 3.8) is 0 Å². The molecular weight excluding hydrogens is 340 g/mol. The van der Waals surface area contributed by atoms with Gasteiger partial charge in [0, 0.05) is 30.1 Å². The van der Waals surface area contributed by atoms with Crippen LogP contribution in [0.4, 0.5) is 5.69 Å². The molecule has 0 saturated carbocycles. The molecular formula is C22H22N2O3. The summed E-state index contributed by atoms with van der Waals surface area (Å²) in [7, 11) is 0. The maximum absolute atomic E-state index is 13.1. The summed E-state index contributed by atoms with van der Waals surface area (Å²) in [5.41, 5.74) is 2.52. The third-order valence-corrected chi connectivity index (χ3v) is 5.20. The molecule has 4 rings (SSSR count). The average molecular weight is 362 g/mol. The van der Waals surface area contributed by atoms with E-state index < -0.39 is 5.92 Å². The zero-order valence-corrected chi connectivity index (χ0v) is 15.3. The fraction of sp³-hybridized carbons (Fsp3) is 0.273. The SMILES string of the molecule is CCCCn1cc([C@H]2CC(=O)N(c3ccc(O)cc3)C2=O)c2ccccc21. The van der Waals surface area contributed by atoms with Crippen LogP contribution in [0.1, 0.15) is 37.7 Å². The molecule has 5 heteroatoms. The number of rotatable bonds is 5. The quantitative estimate of drug-likeness (QED) is 0.692. The lowest BCUT2D eigenvalue weighted by Crippen LogP contribution is -2.29. The van der Waals surface area contributed by atoms with Crippen LogP contribution in [0.25, 0.3) is 10.9 Å². The van der Waals surface area contributed by atoms with E-state index in [0.29, 0.717) is 5.69 Å². The molecule has 2 heterocycles. The predicted octanol–water partition coefficient (Wildman–Crippen LogP) is 4.19. The van der Waals surface area contributed by atoms with Crippen molar-refractivity contribution < 1.29 is 14.7 Å². The first-order valence-corrected chi connectivity index (χ1v) is 9.33. The van der Waals surface area contributed by atoms with Crippen LogP contribution >= 0.6 is 0 Å². The van der Waals surface area contributed by atoms with Crippen molar-refractivity contribution >= 4 is 28.4 Å². The van der Waals surface area contributed by atoms with Crippen LogP contribution in [0.2, 0.25) is 0 Å². The third kappa shape index (κ3) is 2.99. The second-order valence-electron chi connectivity index (χ2n) is 6.99. The molecule has 5 nitrogen and oxygen atoms in total. The number of aromatic hydroxyl groups is 1. The Labute approximate surface area is 157 Å². The third-order valence-electron chi connectivity index (χ3n) is 5.20. The highest BCUT2D eigenvalue weighted by Gasteiger charge is 2.41. The van der Waals surface area contributed by atoms with E-state index in [1.165, 1.54) is 17.0 Å². The van der Waals surface area contributed by atoms with E-state index in [9.17, 15) is 14.7 Å². The van der Waals surface area contributed by atoms with Gasteiger partial charge in [-0.15, -0.1) is 0 Å². The largest absolute Gasteiger partial charge is 0.508 e. The number of imide groups is 1. The van der Waals surface area contributed by atoms with Gasteiger partial charge in [-0.1, -0.05) is 31.5 Å². The molecule has 1 saturated heterocycles. The van der Waals surface area contributed by atoms with Crippen LogP contribution in [0.15, 0.2) is 54.7 Å². The van der Waals surface area contributed by atoms with Crippen molar-refractivity contribution in [1.29, 1.82) is 0 Å².